The SMILES string of the molecule is CNC(=O)c1cccnc1N[C@H]1CC[C@@H](Cc2nnc(C)o2)C1. The van der Waals surface area contributed by atoms with Crippen molar-refractivity contribution in [1.82, 2.24) is 20.5 Å². The van der Waals surface area contributed by atoms with Crippen LogP contribution in [0.1, 0.15) is 41.4 Å². The molecule has 122 valence electrons. The summed E-state index contributed by atoms with van der Waals surface area (Å²) < 4.78 is 5.46. The molecular formula is C16H21N5O2. The lowest BCUT2D eigenvalue weighted by Crippen LogP contribution is -2.23. The van der Waals surface area contributed by atoms with Crippen molar-refractivity contribution in [2.45, 2.75) is 38.6 Å². The van der Waals surface area contributed by atoms with Gasteiger partial charge in [0, 0.05) is 32.6 Å². The number of aryl methyl sites for hydroxylation is 1. The fraction of sp³-hybridized carbons (Fsp3) is 0.500. The van der Waals surface area contributed by atoms with Crippen LogP contribution in [-0.4, -0.2) is 34.2 Å². The van der Waals surface area contributed by atoms with Gasteiger partial charge in [-0.2, -0.15) is 0 Å². The Balaban J connectivity index is 1.61. The topological polar surface area (TPSA) is 92.9 Å². The van der Waals surface area contributed by atoms with E-state index < -0.39 is 0 Å². The molecule has 1 aliphatic rings. The van der Waals surface area contributed by atoms with Crippen LogP contribution in [0.3, 0.4) is 0 Å². The maximum Gasteiger partial charge on any atom is 0.254 e. The molecule has 0 aromatic carbocycles. The Morgan fingerprint density at radius 3 is 3.00 bits per heavy atom. The molecule has 0 spiro atoms. The van der Waals surface area contributed by atoms with Crippen molar-refractivity contribution >= 4 is 11.7 Å². The van der Waals surface area contributed by atoms with Gasteiger partial charge in [0.05, 0.1) is 5.56 Å². The second-order valence-corrected chi connectivity index (χ2v) is 5.92. The summed E-state index contributed by atoms with van der Waals surface area (Å²) >= 11 is 0. The smallest absolute Gasteiger partial charge is 0.254 e. The Labute approximate surface area is 134 Å². The molecule has 7 heteroatoms. The Morgan fingerprint density at radius 2 is 2.26 bits per heavy atom. The summed E-state index contributed by atoms with van der Waals surface area (Å²) in [6, 6.07) is 3.86. The molecule has 0 unspecified atom stereocenters. The molecule has 0 radical (unpaired) electrons. The Morgan fingerprint density at radius 1 is 1.39 bits per heavy atom. The number of hydrogen-bond donors (Lipinski definition) is 2. The highest BCUT2D eigenvalue weighted by atomic mass is 16.4. The number of amides is 1. The molecule has 3 rings (SSSR count). The van der Waals surface area contributed by atoms with E-state index in [-0.39, 0.29) is 5.91 Å². The minimum Gasteiger partial charge on any atom is -0.426 e. The Hall–Kier alpha value is -2.44. The number of pyridine rings is 1. The van der Waals surface area contributed by atoms with Crippen molar-refractivity contribution in [1.29, 1.82) is 0 Å². The van der Waals surface area contributed by atoms with E-state index in [9.17, 15) is 4.79 Å². The maximum absolute atomic E-state index is 11.9. The summed E-state index contributed by atoms with van der Waals surface area (Å²) in [4.78, 5) is 16.2. The molecule has 2 aromatic rings. The van der Waals surface area contributed by atoms with Gasteiger partial charge in [-0.25, -0.2) is 4.98 Å². The van der Waals surface area contributed by atoms with E-state index in [1.54, 1.807) is 32.3 Å². The molecule has 2 atom stereocenters. The van der Waals surface area contributed by atoms with Gasteiger partial charge in [-0.3, -0.25) is 4.79 Å². The van der Waals surface area contributed by atoms with Gasteiger partial charge in [0.2, 0.25) is 11.8 Å². The van der Waals surface area contributed by atoms with Crippen LogP contribution in [-0.2, 0) is 6.42 Å². The number of nitrogens with zero attached hydrogens (tertiary/aromatic N) is 3. The first-order chi connectivity index (χ1) is 11.2. The van der Waals surface area contributed by atoms with E-state index in [2.05, 4.69) is 25.8 Å². The minimum atomic E-state index is -0.128. The predicted octanol–water partition coefficient (Wildman–Crippen LogP) is 1.96. The molecule has 1 fully saturated rings. The van der Waals surface area contributed by atoms with Crippen LogP contribution in [0.4, 0.5) is 5.82 Å². The Bertz CT molecular complexity index is 685. The fourth-order valence-corrected chi connectivity index (χ4v) is 3.09. The molecule has 23 heavy (non-hydrogen) atoms. The summed E-state index contributed by atoms with van der Waals surface area (Å²) in [7, 11) is 1.62. The number of rotatable bonds is 5. The van der Waals surface area contributed by atoms with Crippen molar-refractivity contribution < 1.29 is 9.21 Å². The third-order valence-corrected chi connectivity index (χ3v) is 4.19. The zero-order chi connectivity index (χ0) is 16.2. The summed E-state index contributed by atoms with van der Waals surface area (Å²) in [6.07, 6.45) is 5.65. The third kappa shape index (κ3) is 3.67. The average molecular weight is 315 g/mol. The van der Waals surface area contributed by atoms with Gasteiger partial charge in [-0.1, -0.05) is 0 Å². The van der Waals surface area contributed by atoms with Gasteiger partial charge in [-0.15, -0.1) is 10.2 Å². The molecule has 2 aromatic heterocycles. The molecule has 2 N–H and O–H groups in total. The molecule has 2 heterocycles. The zero-order valence-electron chi connectivity index (χ0n) is 13.4. The lowest BCUT2D eigenvalue weighted by atomic mass is 10.0. The van der Waals surface area contributed by atoms with Gasteiger partial charge >= 0.3 is 0 Å². The van der Waals surface area contributed by atoms with E-state index >= 15 is 0 Å². The number of carbonyl (C=O) groups excluding carboxylic acids is 1. The highest BCUT2D eigenvalue weighted by Crippen LogP contribution is 2.30. The largest absolute Gasteiger partial charge is 0.426 e. The molecule has 1 aliphatic carbocycles. The van der Waals surface area contributed by atoms with Gasteiger partial charge in [0.1, 0.15) is 5.82 Å². The van der Waals surface area contributed by atoms with Crippen LogP contribution in [0, 0.1) is 12.8 Å². The van der Waals surface area contributed by atoms with Crippen LogP contribution in [0.2, 0.25) is 0 Å². The third-order valence-electron chi connectivity index (χ3n) is 4.19. The molecule has 1 amide bonds. The fourth-order valence-electron chi connectivity index (χ4n) is 3.09. The summed E-state index contributed by atoms with van der Waals surface area (Å²) in [5.74, 6) is 2.34. The van der Waals surface area contributed by atoms with E-state index in [4.69, 9.17) is 4.42 Å². The van der Waals surface area contributed by atoms with Gasteiger partial charge < -0.3 is 15.1 Å². The van der Waals surface area contributed by atoms with Crippen LogP contribution in [0.25, 0.3) is 0 Å². The van der Waals surface area contributed by atoms with E-state index in [1.165, 1.54) is 0 Å². The first-order valence-electron chi connectivity index (χ1n) is 7.88. The van der Waals surface area contributed by atoms with Crippen LogP contribution < -0.4 is 10.6 Å². The van der Waals surface area contributed by atoms with Crippen molar-refractivity contribution in [3.05, 3.63) is 35.7 Å². The van der Waals surface area contributed by atoms with Crippen molar-refractivity contribution in [2.75, 3.05) is 12.4 Å². The van der Waals surface area contributed by atoms with Crippen molar-refractivity contribution in [3.63, 3.8) is 0 Å². The lowest BCUT2D eigenvalue weighted by molar-refractivity contribution is 0.0963. The molecular weight excluding hydrogens is 294 g/mol. The quantitative estimate of drug-likeness (QED) is 0.876. The first-order valence-corrected chi connectivity index (χ1v) is 7.88. The van der Waals surface area contributed by atoms with Crippen molar-refractivity contribution in [2.24, 2.45) is 5.92 Å². The number of anilines is 1. The number of nitrogens with one attached hydrogen (secondary N) is 2. The second kappa shape index (κ2) is 6.76. The molecule has 7 nitrogen and oxygen atoms in total. The monoisotopic (exact) mass is 315 g/mol. The molecule has 0 aliphatic heterocycles. The van der Waals surface area contributed by atoms with Crippen LogP contribution >= 0.6 is 0 Å². The van der Waals surface area contributed by atoms with Gasteiger partial charge in [-0.05, 0) is 37.3 Å². The lowest BCUT2D eigenvalue weighted by Gasteiger charge is -2.16. The summed E-state index contributed by atoms with van der Waals surface area (Å²) in [6.45, 7) is 1.80. The highest BCUT2D eigenvalue weighted by Gasteiger charge is 2.27. The predicted molar refractivity (Wildman–Crippen MR) is 85.1 cm³/mol. The standard InChI is InChI=1S/C16H21N5O2/c1-10-20-21-14(23-10)9-11-5-6-12(8-11)19-15-13(16(22)17-2)4-3-7-18-15/h3-4,7,11-12H,5-6,8-9H2,1-2H3,(H,17,22)(H,18,19)/t11-,12+/m1/s1. The molecule has 1 saturated carbocycles. The summed E-state index contributed by atoms with van der Waals surface area (Å²) in [5.41, 5.74) is 0.575. The normalized spacial score (nSPS) is 20.4. The van der Waals surface area contributed by atoms with Gasteiger partial charge in [0.15, 0.2) is 0 Å². The molecule has 0 bridgehead atoms. The number of aromatic nitrogens is 3. The molecule has 0 saturated heterocycles. The Kier molecular flexibility index (Phi) is 4.55. The van der Waals surface area contributed by atoms with E-state index in [0.717, 1.165) is 25.7 Å². The van der Waals surface area contributed by atoms with E-state index in [1.807, 2.05) is 0 Å². The van der Waals surface area contributed by atoms with Crippen LogP contribution in [0.5, 0.6) is 0 Å². The minimum absolute atomic E-state index is 0.128. The maximum atomic E-state index is 11.9. The van der Waals surface area contributed by atoms with Gasteiger partial charge in [0.25, 0.3) is 5.91 Å². The second-order valence-electron chi connectivity index (χ2n) is 5.92. The summed E-state index contributed by atoms with van der Waals surface area (Å²) in [5, 5.41) is 14.0. The zero-order valence-corrected chi connectivity index (χ0v) is 13.4. The first kappa shape index (κ1) is 15.5. The van der Waals surface area contributed by atoms with Crippen LogP contribution in [0.15, 0.2) is 22.7 Å². The number of hydrogen-bond acceptors (Lipinski definition) is 6. The number of carbonyl (C=O) groups is 1. The average Bonchev–Trinajstić information content (AvgIpc) is 3.16. The van der Waals surface area contributed by atoms with E-state index in [0.29, 0.717) is 35.1 Å². The van der Waals surface area contributed by atoms with Crippen molar-refractivity contribution in [3.8, 4) is 0 Å². The highest BCUT2D eigenvalue weighted by molar-refractivity contribution is 5.98.